The smallest absolute Gasteiger partial charge is 0.251 e. The second kappa shape index (κ2) is 5.27. The molecule has 5 nitrogen and oxygen atoms in total. The zero-order valence-corrected chi connectivity index (χ0v) is 11.4. The van der Waals surface area contributed by atoms with E-state index in [-0.39, 0.29) is 11.3 Å². The molecule has 2 aromatic rings. The van der Waals surface area contributed by atoms with Crippen LogP contribution < -0.4 is 11.3 Å². The largest absolute Gasteiger partial charge is 0.398 e. The molecule has 0 saturated carbocycles. The minimum absolute atomic E-state index is 0.0730. The molecule has 0 radical (unpaired) electrons. The van der Waals surface area contributed by atoms with Crippen LogP contribution in [0.25, 0.3) is 0 Å². The van der Waals surface area contributed by atoms with Crippen LogP contribution in [0.3, 0.4) is 0 Å². The lowest BCUT2D eigenvalue weighted by atomic mass is 10.1. The van der Waals surface area contributed by atoms with E-state index >= 15 is 0 Å². The van der Waals surface area contributed by atoms with E-state index in [9.17, 15) is 9.59 Å². The maximum atomic E-state index is 11.3. The number of benzene rings is 1. The normalized spacial score (nSPS) is 10.4. The third-order valence-corrected chi connectivity index (χ3v) is 3.34. The molecule has 2 rings (SSSR count). The predicted octanol–water partition coefficient (Wildman–Crippen LogP) is 2.01. The Morgan fingerprint density at radius 3 is 2.68 bits per heavy atom. The summed E-state index contributed by atoms with van der Waals surface area (Å²) in [6.07, 6.45) is 0. The van der Waals surface area contributed by atoms with E-state index in [1.165, 1.54) is 24.8 Å². The van der Waals surface area contributed by atoms with E-state index in [0.29, 0.717) is 22.1 Å². The number of aryl methyl sites for hydroxylation is 1. The number of aromatic amines is 1. The number of aromatic nitrogens is 2. The van der Waals surface area contributed by atoms with Crippen molar-refractivity contribution in [2.45, 2.75) is 23.9 Å². The fourth-order valence-electron chi connectivity index (χ4n) is 1.64. The van der Waals surface area contributed by atoms with Crippen molar-refractivity contribution >= 4 is 23.2 Å². The number of nitrogen functional groups attached to an aromatic ring is 1. The SMILES string of the molecule is CC(=O)c1ccc(Sc2nc(C)cc(=O)[nH]2)cc1N. The van der Waals surface area contributed by atoms with Gasteiger partial charge in [0.25, 0.3) is 5.56 Å². The second-order valence-corrected chi connectivity index (χ2v) is 5.16. The molecule has 0 saturated heterocycles. The number of carbonyl (C=O) groups is 1. The van der Waals surface area contributed by atoms with Crippen LogP contribution in [0.15, 0.2) is 39.1 Å². The molecule has 0 spiro atoms. The lowest BCUT2D eigenvalue weighted by Gasteiger charge is -2.05. The molecular formula is C13H13N3O2S. The summed E-state index contributed by atoms with van der Waals surface area (Å²) in [4.78, 5) is 30.3. The van der Waals surface area contributed by atoms with E-state index in [0.717, 1.165) is 4.90 Å². The Balaban J connectivity index is 2.31. The maximum Gasteiger partial charge on any atom is 0.251 e. The van der Waals surface area contributed by atoms with Gasteiger partial charge in [0.2, 0.25) is 0 Å². The number of hydrogen-bond donors (Lipinski definition) is 2. The van der Waals surface area contributed by atoms with Crippen molar-refractivity contribution < 1.29 is 4.79 Å². The summed E-state index contributed by atoms with van der Waals surface area (Å²) in [6, 6.07) is 6.58. The van der Waals surface area contributed by atoms with Gasteiger partial charge in [-0.3, -0.25) is 9.59 Å². The van der Waals surface area contributed by atoms with E-state index < -0.39 is 0 Å². The van der Waals surface area contributed by atoms with Crippen LogP contribution in [0.4, 0.5) is 5.69 Å². The number of nitrogens with one attached hydrogen (secondary N) is 1. The fraction of sp³-hybridized carbons (Fsp3) is 0.154. The van der Waals surface area contributed by atoms with Gasteiger partial charge in [0.1, 0.15) is 0 Å². The number of carbonyl (C=O) groups excluding carboxylic acids is 1. The number of ketones is 1. The Hall–Kier alpha value is -2.08. The first-order valence-corrected chi connectivity index (χ1v) is 6.43. The number of Topliss-reactive ketones (excluding diaryl/α,β-unsaturated/α-hetero) is 1. The lowest BCUT2D eigenvalue weighted by Crippen LogP contribution is -2.08. The van der Waals surface area contributed by atoms with Gasteiger partial charge in [-0.25, -0.2) is 4.98 Å². The van der Waals surface area contributed by atoms with Crippen LogP contribution >= 0.6 is 11.8 Å². The molecule has 0 aliphatic carbocycles. The van der Waals surface area contributed by atoms with Gasteiger partial charge in [-0.1, -0.05) is 11.8 Å². The van der Waals surface area contributed by atoms with Gasteiger partial charge in [0, 0.05) is 27.9 Å². The number of anilines is 1. The first-order valence-electron chi connectivity index (χ1n) is 5.62. The molecule has 6 heteroatoms. The zero-order chi connectivity index (χ0) is 14.0. The van der Waals surface area contributed by atoms with Gasteiger partial charge >= 0.3 is 0 Å². The van der Waals surface area contributed by atoms with Crippen molar-refractivity contribution in [1.82, 2.24) is 9.97 Å². The number of nitrogens with zero attached hydrogens (tertiary/aromatic N) is 1. The van der Waals surface area contributed by atoms with Gasteiger partial charge < -0.3 is 10.7 Å². The molecule has 1 aromatic carbocycles. The molecule has 98 valence electrons. The molecule has 0 unspecified atom stereocenters. The van der Waals surface area contributed by atoms with Crippen molar-refractivity contribution in [3.05, 3.63) is 45.9 Å². The van der Waals surface area contributed by atoms with Crippen LogP contribution in [0.5, 0.6) is 0 Å². The first kappa shape index (κ1) is 13.4. The van der Waals surface area contributed by atoms with E-state index in [4.69, 9.17) is 5.73 Å². The zero-order valence-electron chi connectivity index (χ0n) is 10.6. The van der Waals surface area contributed by atoms with Crippen LogP contribution in [0.1, 0.15) is 23.0 Å². The van der Waals surface area contributed by atoms with Gasteiger partial charge in [-0.2, -0.15) is 0 Å². The minimum atomic E-state index is -0.191. The highest BCUT2D eigenvalue weighted by atomic mass is 32.2. The average Bonchev–Trinajstić information content (AvgIpc) is 2.26. The van der Waals surface area contributed by atoms with E-state index in [1.807, 2.05) is 0 Å². The van der Waals surface area contributed by atoms with Crippen molar-refractivity contribution in [1.29, 1.82) is 0 Å². The molecule has 0 bridgehead atoms. The van der Waals surface area contributed by atoms with E-state index in [2.05, 4.69) is 9.97 Å². The first-order chi connectivity index (χ1) is 8.95. The third kappa shape index (κ3) is 3.23. The number of H-pyrrole nitrogens is 1. The molecule has 19 heavy (non-hydrogen) atoms. The quantitative estimate of drug-likeness (QED) is 0.508. The summed E-state index contributed by atoms with van der Waals surface area (Å²) in [7, 11) is 0. The Labute approximate surface area is 114 Å². The Bertz CT molecular complexity index is 695. The van der Waals surface area contributed by atoms with E-state index in [1.54, 1.807) is 25.1 Å². The average molecular weight is 275 g/mol. The topological polar surface area (TPSA) is 88.8 Å². The van der Waals surface area contributed by atoms with Crippen molar-refractivity contribution in [2.24, 2.45) is 0 Å². The molecule has 0 aliphatic rings. The minimum Gasteiger partial charge on any atom is -0.398 e. The lowest BCUT2D eigenvalue weighted by molar-refractivity contribution is 0.101. The third-order valence-electron chi connectivity index (χ3n) is 2.46. The standard InChI is InChI=1S/C13H13N3O2S/c1-7-5-12(18)16-13(15-7)19-9-3-4-10(8(2)17)11(14)6-9/h3-6H,14H2,1-2H3,(H,15,16,18). The van der Waals surface area contributed by atoms with Crippen LogP contribution in [0.2, 0.25) is 0 Å². The van der Waals surface area contributed by atoms with Crippen LogP contribution in [-0.4, -0.2) is 15.8 Å². The monoisotopic (exact) mass is 275 g/mol. The fourth-order valence-corrected chi connectivity index (χ4v) is 2.52. The number of nitrogens with two attached hydrogens (primary N) is 1. The van der Waals surface area contributed by atoms with Crippen LogP contribution in [0, 0.1) is 6.92 Å². The Kier molecular flexibility index (Phi) is 3.71. The molecule has 1 heterocycles. The summed E-state index contributed by atoms with van der Waals surface area (Å²) in [6.45, 7) is 3.23. The van der Waals surface area contributed by atoms with Gasteiger partial charge in [0.05, 0.1) is 0 Å². The van der Waals surface area contributed by atoms with Crippen molar-refractivity contribution in [2.75, 3.05) is 5.73 Å². The summed E-state index contributed by atoms with van der Waals surface area (Å²) in [5.74, 6) is -0.0730. The Morgan fingerprint density at radius 1 is 1.37 bits per heavy atom. The van der Waals surface area contributed by atoms with Crippen molar-refractivity contribution in [3.63, 3.8) is 0 Å². The number of hydrogen-bond acceptors (Lipinski definition) is 5. The highest BCUT2D eigenvalue weighted by Gasteiger charge is 2.07. The second-order valence-electron chi connectivity index (χ2n) is 4.10. The maximum absolute atomic E-state index is 11.3. The molecule has 0 fully saturated rings. The molecule has 0 atom stereocenters. The number of rotatable bonds is 3. The highest BCUT2D eigenvalue weighted by molar-refractivity contribution is 7.99. The summed E-state index contributed by atoms with van der Waals surface area (Å²) < 4.78 is 0. The summed E-state index contributed by atoms with van der Waals surface area (Å²) in [5, 5.41) is 0.500. The van der Waals surface area contributed by atoms with Crippen molar-refractivity contribution in [3.8, 4) is 0 Å². The molecule has 1 aromatic heterocycles. The predicted molar refractivity (Wildman–Crippen MR) is 74.6 cm³/mol. The Morgan fingerprint density at radius 2 is 2.11 bits per heavy atom. The summed E-state index contributed by atoms with van der Waals surface area (Å²) >= 11 is 1.29. The molecular weight excluding hydrogens is 262 g/mol. The summed E-state index contributed by atoms with van der Waals surface area (Å²) in [5.41, 5.74) is 7.19. The van der Waals surface area contributed by atoms with Gasteiger partial charge in [-0.05, 0) is 32.0 Å². The molecule has 0 aliphatic heterocycles. The van der Waals surface area contributed by atoms with Gasteiger partial charge in [0.15, 0.2) is 10.9 Å². The molecule has 3 N–H and O–H groups in total. The molecule has 0 amide bonds. The van der Waals surface area contributed by atoms with Crippen LogP contribution in [-0.2, 0) is 0 Å². The highest BCUT2D eigenvalue weighted by Crippen LogP contribution is 2.27. The van der Waals surface area contributed by atoms with Gasteiger partial charge in [-0.15, -0.1) is 0 Å².